The molecule has 0 amide bonds. The van der Waals surface area contributed by atoms with Crippen LogP contribution < -0.4 is 9.47 Å². The first-order chi connectivity index (χ1) is 14.2. The van der Waals surface area contributed by atoms with E-state index in [0.29, 0.717) is 0 Å². The number of nitrogens with zero attached hydrogens (tertiary/aromatic N) is 2. The molecule has 2 aromatic carbocycles. The monoisotopic (exact) mass is 386 g/mol. The first-order valence-electron chi connectivity index (χ1n) is 9.99. The highest BCUT2D eigenvalue weighted by Crippen LogP contribution is 2.37. The molecule has 0 saturated carbocycles. The number of aromatic nitrogens is 3. The largest absolute Gasteiger partial charge is 0.454 e. The summed E-state index contributed by atoms with van der Waals surface area (Å²) in [4.78, 5) is 6.11. The van der Waals surface area contributed by atoms with E-state index in [0.717, 1.165) is 48.8 Å². The van der Waals surface area contributed by atoms with Gasteiger partial charge in [0.15, 0.2) is 11.5 Å². The number of aryl methyl sites for hydroxylation is 1. The molecule has 0 bridgehead atoms. The predicted molar refractivity (Wildman–Crippen MR) is 111 cm³/mol. The van der Waals surface area contributed by atoms with E-state index in [1.165, 1.54) is 33.3 Å². The van der Waals surface area contributed by atoms with Gasteiger partial charge >= 0.3 is 0 Å². The van der Waals surface area contributed by atoms with Gasteiger partial charge in [-0.1, -0.05) is 11.6 Å². The van der Waals surface area contributed by atoms with E-state index < -0.39 is 0 Å². The maximum absolute atomic E-state index is 5.54. The lowest BCUT2D eigenvalue weighted by molar-refractivity contribution is 0.174. The van der Waals surface area contributed by atoms with Crippen LogP contribution in [0, 0.1) is 6.92 Å². The van der Waals surface area contributed by atoms with Crippen LogP contribution in [-0.4, -0.2) is 33.4 Å². The summed E-state index contributed by atoms with van der Waals surface area (Å²) in [5.41, 5.74) is 8.67. The topological polar surface area (TPSA) is 66.2 Å². The van der Waals surface area contributed by atoms with Crippen molar-refractivity contribution in [2.45, 2.75) is 26.4 Å². The van der Waals surface area contributed by atoms with Crippen LogP contribution in [0.15, 0.2) is 42.6 Å². The van der Waals surface area contributed by atoms with Crippen molar-refractivity contribution < 1.29 is 9.47 Å². The third kappa shape index (κ3) is 2.79. The molecule has 2 aliphatic heterocycles. The summed E-state index contributed by atoms with van der Waals surface area (Å²) in [6.07, 6.45) is 2.98. The number of H-pyrrole nitrogens is 2. The number of ether oxygens (including phenoxy) is 2. The Balaban J connectivity index is 1.28. The number of hydrogen-bond donors (Lipinski definition) is 2. The van der Waals surface area contributed by atoms with Gasteiger partial charge in [0, 0.05) is 53.8 Å². The molecule has 2 N–H and O–H groups in total. The number of fused-ring (bicyclic) bond motifs is 4. The number of nitrogens with one attached hydrogen (secondary N) is 2. The van der Waals surface area contributed by atoms with E-state index in [9.17, 15) is 0 Å². The van der Waals surface area contributed by atoms with Crippen molar-refractivity contribution in [2.24, 2.45) is 0 Å². The lowest BCUT2D eigenvalue weighted by Gasteiger charge is -2.27. The van der Waals surface area contributed by atoms with Crippen molar-refractivity contribution >= 4 is 10.9 Å². The average Bonchev–Trinajstić information content (AvgIpc) is 3.45. The fraction of sp³-hybridized carbons (Fsp3) is 0.261. The van der Waals surface area contributed by atoms with Gasteiger partial charge in [-0.15, -0.1) is 0 Å². The number of hydrogen-bond acceptors (Lipinski definition) is 4. The fourth-order valence-electron chi connectivity index (χ4n) is 4.49. The quantitative estimate of drug-likeness (QED) is 0.555. The zero-order valence-corrected chi connectivity index (χ0v) is 16.3. The third-order valence-corrected chi connectivity index (χ3v) is 5.98. The molecule has 4 heterocycles. The Kier molecular flexibility index (Phi) is 3.67. The number of aromatic amines is 2. The minimum Gasteiger partial charge on any atom is -0.454 e. The summed E-state index contributed by atoms with van der Waals surface area (Å²) in [6, 6.07) is 12.7. The van der Waals surface area contributed by atoms with Crippen molar-refractivity contribution in [2.75, 3.05) is 13.3 Å². The number of benzene rings is 2. The van der Waals surface area contributed by atoms with Crippen LogP contribution in [0.4, 0.5) is 0 Å². The van der Waals surface area contributed by atoms with E-state index in [2.05, 4.69) is 51.3 Å². The van der Waals surface area contributed by atoms with Crippen molar-refractivity contribution in [1.29, 1.82) is 0 Å². The van der Waals surface area contributed by atoms with E-state index in [1.54, 1.807) is 0 Å². The van der Waals surface area contributed by atoms with Gasteiger partial charge in [0.25, 0.3) is 0 Å². The molecule has 29 heavy (non-hydrogen) atoms. The second kappa shape index (κ2) is 6.39. The fourth-order valence-corrected chi connectivity index (χ4v) is 4.49. The molecule has 0 aliphatic carbocycles. The van der Waals surface area contributed by atoms with Gasteiger partial charge in [-0.3, -0.25) is 10.00 Å². The van der Waals surface area contributed by atoms with Gasteiger partial charge in [-0.05, 0) is 42.8 Å². The molecule has 2 aliphatic rings. The summed E-state index contributed by atoms with van der Waals surface area (Å²) in [5, 5.41) is 8.85. The minimum absolute atomic E-state index is 0.287. The maximum atomic E-state index is 5.54. The molecule has 0 unspecified atom stereocenters. The lowest BCUT2D eigenvalue weighted by atomic mass is 10.0. The highest BCUT2D eigenvalue weighted by Gasteiger charge is 2.23. The third-order valence-electron chi connectivity index (χ3n) is 5.98. The molecule has 2 aromatic heterocycles. The van der Waals surface area contributed by atoms with Crippen molar-refractivity contribution in [3.63, 3.8) is 0 Å². The predicted octanol–water partition coefficient (Wildman–Crippen LogP) is 4.15. The summed E-state index contributed by atoms with van der Waals surface area (Å²) < 4.78 is 11.0. The Morgan fingerprint density at radius 2 is 2.03 bits per heavy atom. The molecule has 6 rings (SSSR count). The zero-order valence-electron chi connectivity index (χ0n) is 16.3. The van der Waals surface area contributed by atoms with Crippen molar-refractivity contribution in [3.05, 3.63) is 65.0 Å². The van der Waals surface area contributed by atoms with Gasteiger partial charge in [0.05, 0.1) is 11.9 Å². The summed E-state index contributed by atoms with van der Waals surface area (Å²) in [7, 11) is 0. The first-order valence-corrected chi connectivity index (χ1v) is 9.99. The normalized spacial score (nSPS) is 15.8. The first kappa shape index (κ1) is 16.7. The minimum atomic E-state index is 0.287. The molecule has 0 spiro atoms. The van der Waals surface area contributed by atoms with Crippen molar-refractivity contribution in [3.8, 4) is 22.8 Å². The van der Waals surface area contributed by atoms with Crippen LogP contribution in [0.3, 0.4) is 0 Å². The van der Waals surface area contributed by atoms with Gasteiger partial charge < -0.3 is 14.5 Å². The molecule has 6 nitrogen and oxygen atoms in total. The van der Waals surface area contributed by atoms with Crippen LogP contribution in [0.25, 0.3) is 22.2 Å². The Labute approximate surface area is 168 Å². The van der Waals surface area contributed by atoms with Crippen LogP contribution in [0.1, 0.15) is 22.4 Å². The van der Waals surface area contributed by atoms with Gasteiger partial charge in [0.1, 0.15) is 0 Å². The summed E-state index contributed by atoms with van der Waals surface area (Å²) >= 11 is 0. The van der Waals surface area contributed by atoms with Gasteiger partial charge in [0.2, 0.25) is 6.79 Å². The SMILES string of the molecule is Cc1ccc2[nH]c3c(c2c1)CN(Cc1cn[nH]c1-c1ccc2c(c1)OCO2)CC3. The zero-order chi connectivity index (χ0) is 19.4. The smallest absolute Gasteiger partial charge is 0.231 e. The Bertz CT molecular complexity index is 1220. The Morgan fingerprint density at radius 3 is 3.00 bits per heavy atom. The molecule has 0 saturated heterocycles. The molecule has 0 radical (unpaired) electrons. The van der Waals surface area contributed by atoms with E-state index in [1.807, 2.05) is 18.3 Å². The highest BCUT2D eigenvalue weighted by molar-refractivity contribution is 5.85. The molecule has 146 valence electrons. The second-order valence-electron chi connectivity index (χ2n) is 7.93. The van der Waals surface area contributed by atoms with Crippen LogP contribution >= 0.6 is 0 Å². The Hall–Kier alpha value is -3.25. The van der Waals surface area contributed by atoms with Crippen LogP contribution in [0.5, 0.6) is 11.5 Å². The highest BCUT2D eigenvalue weighted by atomic mass is 16.7. The Morgan fingerprint density at radius 1 is 1.10 bits per heavy atom. The standard InChI is InChI=1S/C23H22N4O2/c1-14-2-4-19-17(8-14)18-12-27(7-6-20(18)25-19)11-16-10-24-26-23(16)15-3-5-21-22(9-15)29-13-28-21/h2-5,8-10,25H,6-7,11-13H2,1H3,(H,24,26). The van der Waals surface area contributed by atoms with E-state index in [4.69, 9.17) is 9.47 Å². The average molecular weight is 386 g/mol. The summed E-state index contributed by atoms with van der Waals surface area (Å²) in [6.45, 7) is 5.28. The second-order valence-corrected chi connectivity index (χ2v) is 7.93. The van der Waals surface area contributed by atoms with Gasteiger partial charge in [-0.2, -0.15) is 5.10 Å². The van der Waals surface area contributed by atoms with Crippen molar-refractivity contribution in [1.82, 2.24) is 20.1 Å². The maximum Gasteiger partial charge on any atom is 0.231 e. The van der Waals surface area contributed by atoms with E-state index >= 15 is 0 Å². The van der Waals surface area contributed by atoms with Gasteiger partial charge in [-0.25, -0.2) is 0 Å². The molecule has 0 atom stereocenters. The molecular formula is C23H22N4O2. The molecular weight excluding hydrogens is 364 g/mol. The molecule has 6 heteroatoms. The van der Waals surface area contributed by atoms with E-state index in [-0.39, 0.29) is 6.79 Å². The molecule has 4 aromatic rings. The summed E-state index contributed by atoms with van der Waals surface area (Å²) in [5.74, 6) is 1.59. The molecule has 0 fully saturated rings. The van der Waals surface area contributed by atoms with Crippen LogP contribution in [-0.2, 0) is 19.5 Å². The number of rotatable bonds is 3. The van der Waals surface area contributed by atoms with Crippen LogP contribution in [0.2, 0.25) is 0 Å². The lowest BCUT2D eigenvalue weighted by Crippen LogP contribution is -2.29.